The minimum absolute atomic E-state index is 0.103. The highest BCUT2D eigenvalue weighted by atomic mass is 16.6. The van der Waals surface area contributed by atoms with Gasteiger partial charge in [-0.15, -0.1) is 0 Å². The Balaban J connectivity index is 1.60. The zero-order valence-corrected chi connectivity index (χ0v) is 14.9. The van der Waals surface area contributed by atoms with Crippen LogP contribution in [-0.4, -0.2) is 33.8 Å². The van der Waals surface area contributed by atoms with Crippen molar-refractivity contribution in [2.45, 2.75) is 13.3 Å². The fourth-order valence-corrected chi connectivity index (χ4v) is 3.68. The Hall–Kier alpha value is -3.41. The van der Waals surface area contributed by atoms with Crippen LogP contribution in [-0.2, 0) is 0 Å². The van der Waals surface area contributed by atoms with Crippen molar-refractivity contribution in [3.8, 4) is 0 Å². The molecule has 0 aliphatic carbocycles. The van der Waals surface area contributed by atoms with Crippen molar-refractivity contribution < 1.29 is 9.72 Å². The third kappa shape index (κ3) is 2.99. The number of rotatable bonds is 3. The van der Waals surface area contributed by atoms with Crippen molar-refractivity contribution in [2.24, 2.45) is 0 Å². The molecule has 27 heavy (non-hydrogen) atoms. The third-order valence-electron chi connectivity index (χ3n) is 5.08. The highest BCUT2D eigenvalue weighted by Gasteiger charge is 2.27. The van der Waals surface area contributed by atoms with Crippen LogP contribution in [0.2, 0.25) is 0 Å². The zero-order chi connectivity index (χ0) is 19.0. The Morgan fingerprint density at radius 3 is 2.74 bits per heavy atom. The number of carbonyl (C=O) groups excluding carboxylic acids is 1. The number of amides is 1. The topological polar surface area (TPSA) is 79.2 Å². The minimum atomic E-state index is -0.472. The molecule has 0 radical (unpaired) electrons. The molecule has 0 spiro atoms. The van der Waals surface area contributed by atoms with Crippen molar-refractivity contribution in [3.63, 3.8) is 0 Å². The fourth-order valence-electron chi connectivity index (χ4n) is 3.68. The van der Waals surface area contributed by atoms with Gasteiger partial charge in [-0.05, 0) is 31.1 Å². The van der Waals surface area contributed by atoms with E-state index < -0.39 is 4.92 Å². The Labute approximate surface area is 156 Å². The lowest BCUT2D eigenvalue weighted by molar-refractivity contribution is -0.385. The predicted molar refractivity (Wildman–Crippen MR) is 105 cm³/mol. The van der Waals surface area contributed by atoms with E-state index in [1.807, 2.05) is 30.5 Å². The summed E-state index contributed by atoms with van der Waals surface area (Å²) in [4.78, 5) is 28.7. The van der Waals surface area contributed by atoms with E-state index in [1.54, 1.807) is 24.0 Å². The molecule has 1 aromatic heterocycles. The average molecular weight is 361 g/mol. The summed E-state index contributed by atoms with van der Waals surface area (Å²) in [5.74, 6) is -0.292. The van der Waals surface area contributed by atoms with Crippen LogP contribution < -0.4 is 0 Å². The van der Waals surface area contributed by atoms with Crippen molar-refractivity contribution in [2.75, 3.05) is 13.1 Å². The summed E-state index contributed by atoms with van der Waals surface area (Å²) in [5.41, 5.74) is 3.98. The van der Waals surface area contributed by atoms with Gasteiger partial charge in [0.2, 0.25) is 0 Å². The quantitative estimate of drug-likeness (QED) is 0.557. The molecule has 0 saturated carbocycles. The largest absolute Gasteiger partial charge is 0.361 e. The average Bonchev–Trinajstić information content (AvgIpc) is 3.11. The summed E-state index contributed by atoms with van der Waals surface area (Å²) in [5, 5.41) is 12.5. The number of hydrogen-bond donors (Lipinski definition) is 1. The lowest BCUT2D eigenvalue weighted by Crippen LogP contribution is -2.35. The number of aromatic nitrogens is 1. The number of aryl methyl sites for hydroxylation is 1. The number of nitrogens with zero attached hydrogens (tertiary/aromatic N) is 2. The molecule has 0 atom stereocenters. The first-order valence-corrected chi connectivity index (χ1v) is 8.85. The molecule has 3 aromatic rings. The molecule has 0 unspecified atom stereocenters. The van der Waals surface area contributed by atoms with Gasteiger partial charge < -0.3 is 9.88 Å². The molecular formula is C21H19N3O3. The molecular weight excluding hydrogens is 342 g/mol. The molecule has 1 aliphatic rings. The van der Waals surface area contributed by atoms with E-state index in [0.717, 1.165) is 16.5 Å². The second-order valence-electron chi connectivity index (χ2n) is 6.71. The molecule has 0 saturated heterocycles. The minimum Gasteiger partial charge on any atom is -0.361 e. The molecule has 1 aliphatic heterocycles. The van der Waals surface area contributed by atoms with Gasteiger partial charge in [-0.1, -0.05) is 36.4 Å². The molecule has 0 fully saturated rings. The van der Waals surface area contributed by atoms with Gasteiger partial charge in [0.05, 0.1) is 4.92 Å². The molecule has 1 amide bonds. The normalized spacial score (nSPS) is 14.3. The first-order valence-electron chi connectivity index (χ1n) is 8.85. The molecule has 136 valence electrons. The maximum Gasteiger partial charge on any atom is 0.285 e. The van der Waals surface area contributed by atoms with E-state index in [-0.39, 0.29) is 17.2 Å². The molecule has 4 rings (SSSR count). The van der Waals surface area contributed by atoms with Gasteiger partial charge in [-0.2, -0.15) is 0 Å². The molecule has 1 N–H and O–H groups in total. The number of para-hydroxylation sites is 2. The van der Waals surface area contributed by atoms with E-state index in [2.05, 4.69) is 11.1 Å². The van der Waals surface area contributed by atoms with Crippen molar-refractivity contribution in [1.29, 1.82) is 0 Å². The number of aromatic amines is 1. The highest BCUT2D eigenvalue weighted by molar-refractivity contribution is 5.99. The number of nitrogens with one attached hydrogen (secondary N) is 1. The van der Waals surface area contributed by atoms with E-state index in [4.69, 9.17) is 0 Å². The van der Waals surface area contributed by atoms with Crippen molar-refractivity contribution in [3.05, 3.63) is 81.5 Å². The van der Waals surface area contributed by atoms with Gasteiger partial charge in [0.15, 0.2) is 0 Å². The molecule has 0 bridgehead atoms. The van der Waals surface area contributed by atoms with Crippen LogP contribution in [0.1, 0.15) is 27.9 Å². The number of nitro benzene ring substituents is 1. The number of hydrogen-bond acceptors (Lipinski definition) is 3. The van der Waals surface area contributed by atoms with Crippen molar-refractivity contribution >= 4 is 28.1 Å². The SMILES string of the molecule is Cc1cccc(C(=O)N2CC=C(c3c[nH]c4ccccc34)CC2)c1[N+](=O)[O-]. The summed E-state index contributed by atoms with van der Waals surface area (Å²) < 4.78 is 0. The summed E-state index contributed by atoms with van der Waals surface area (Å²) in [7, 11) is 0. The van der Waals surface area contributed by atoms with Crippen molar-refractivity contribution in [1.82, 2.24) is 9.88 Å². The summed E-state index contributed by atoms with van der Waals surface area (Å²) in [6.07, 6.45) is 4.76. The summed E-state index contributed by atoms with van der Waals surface area (Å²) >= 11 is 0. The lowest BCUT2D eigenvalue weighted by atomic mass is 9.98. The number of fused-ring (bicyclic) bond motifs is 1. The maximum atomic E-state index is 12.9. The maximum absolute atomic E-state index is 12.9. The predicted octanol–water partition coefficient (Wildman–Crippen LogP) is 4.31. The van der Waals surface area contributed by atoms with Crippen LogP contribution in [0.15, 0.2) is 54.7 Å². The Morgan fingerprint density at radius 1 is 1.19 bits per heavy atom. The van der Waals surface area contributed by atoms with E-state index in [9.17, 15) is 14.9 Å². The Bertz CT molecular complexity index is 1080. The smallest absolute Gasteiger partial charge is 0.285 e. The third-order valence-corrected chi connectivity index (χ3v) is 5.08. The second kappa shape index (κ2) is 6.72. The van der Waals surface area contributed by atoms with E-state index in [1.165, 1.54) is 11.6 Å². The number of carbonyl (C=O) groups is 1. The molecule has 6 heteroatoms. The van der Waals surface area contributed by atoms with Gasteiger partial charge in [0, 0.05) is 41.3 Å². The highest BCUT2D eigenvalue weighted by Crippen LogP contribution is 2.30. The number of benzene rings is 2. The summed E-state index contributed by atoms with van der Waals surface area (Å²) in [6.45, 7) is 2.63. The standard InChI is InChI=1S/C21H19N3O3/c1-14-5-4-7-17(20(14)24(26)27)21(25)23-11-9-15(10-12-23)18-13-22-19-8-3-2-6-16(18)19/h2-9,13,22H,10-12H2,1H3. The van der Waals surface area contributed by atoms with Gasteiger partial charge in [0.1, 0.15) is 5.56 Å². The molecule has 2 heterocycles. The summed E-state index contributed by atoms with van der Waals surface area (Å²) in [6, 6.07) is 13.0. The first-order chi connectivity index (χ1) is 13.1. The molecule has 6 nitrogen and oxygen atoms in total. The monoisotopic (exact) mass is 361 g/mol. The van der Waals surface area contributed by atoms with Crippen LogP contribution >= 0.6 is 0 Å². The van der Waals surface area contributed by atoms with Crippen LogP contribution in [0.3, 0.4) is 0 Å². The second-order valence-corrected chi connectivity index (χ2v) is 6.71. The molecule has 2 aromatic carbocycles. The lowest BCUT2D eigenvalue weighted by Gasteiger charge is -2.26. The van der Waals surface area contributed by atoms with Gasteiger partial charge >= 0.3 is 0 Å². The van der Waals surface area contributed by atoms with Gasteiger partial charge in [-0.25, -0.2) is 0 Å². The number of H-pyrrole nitrogens is 1. The van der Waals surface area contributed by atoms with Gasteiger partial charge in [-0.3, -0.25) is 14.9 Å². The van der Waals surface area contributed by atoms with E-state index >= 15 is 0 Å². The van der Waals surface area contributed by atoms with Crippen LogP contribution in [0.25, 0.3) is 16.5 Å². The Morgan fingerprint density at radius 2 is 2.00 bits per heavy atom. The zero-order valence-electron chi connectivity index (χ0n) is 14.9. The number of nitro groups is 1. The van der Waals surface area contributed by atoms with E-state index in [0.29, 0.717) is 25.1 Å². The van der Waals surface area contributed by atoms with Crippen LogP contribution in [0.5, 0.6) is 0 Å². The first kappa shape index (κ1) is 17.0. The Kier molecular flexibility index (Phi) is 4.24. The van der Waals surface area contributed by atoms with Crippen LogP contribution in [0, 0.1) is 17.0 Å². The van der Waals surface area contributed by atoms with Crippen LogP contribution in [0.4, 0.5) is 5.69 Å². The fraction of sp³-hybridized carbons (Fsp3) is 0.190. The van der Waals surface area contributed by atoms with Gasteiger partial charge in [0.25, 0.3) is 11.6 Å².